The smallest absolute Gasteiger partial charge is 0.305 e. The molecule has 0 spiro atoms. The number of rotatable bonds is 18. The minimum Gasteiger partial charge on any atom is -0.469 e. The summed E-state index contributed by atoms with van der Waals surface area (Å²) in [5.41, 5.74) is 0. The molecule has 0 aromatic carbocycles. The predicted octanol–water partition coefficient (Wildman–Crippen LogP) is 7.14. The van der Waals surface area contributed by atoms with Gasteiger partial charge in [0.1, 0.15) is 0 Å². The highest BCUT2D eigenvalue weighted by Gasteiger charge is 1.98. The molecule has 0 radical (unpaired) electrons. The van der Waals surface area contributed by atoms with Gasteiger partial charge in [0.25, 0.3) is 0 Å². The monoisotopic (exact) mass is 336 g/mol. The molecule has 0 aromatic heterocycles. The Bertz CT molecular complexity index is 307. The van der Waals surface area contributed by atoms with Crippen LogP contribution in [-0.4, -0.2) is 13.1 Å². The Morgan fingerprint density at radius 2 is 1.12 bits per heavy atom. The van der Waals surface area contributed by atoms with Crippen molar-refractivity contribution in [3.05, 3.63) is 24.8 Å². The topological polar surface area (TPSA) is 26.3 Å². The van der Waals surface area contributed by atoms with E-state index in [0.29, 0.717) is 6.42 Å². The van der Waals surface area contributed by atoms with Crippen molar-refractivity contribution >= 4 is 5.97 Å². The van der Waals surface area contributed by atoms with E-state index in [-0.39, 0.29) is 5.97 Å². The van der Waals surface area contributed by atoms with Crippen molar-refractivity contribution in [2.45, 2.75) is 103 Å². The maximum Gasteiger partial charge on any atom is 0.305 e. The van der Waals surface area contributed by atoms with E-state index in [1.54, 1.807) is 0 Å². The Labute approximate surface area is 150 Å². The lowest BCUT2D eigenvalue weighted by Gasteiger charge is -2.01. The molecule has 0 saturated carbocycles. The molecule has 0 aliphatic heterocycles. The van der Waals surface area contributed by atoms with E-state index >= 15 is 0 Å². The zero-order valence-electron chi connectivity index (χ0n) is 16.1. The third kappa shape index (κ3) is 19.0. The lowest BCUT2D eigenvalue weighted by Crippen LogP contribution is -1.99. The zero-order valence-corrected chi connectivity index (χ0v) is 16.1. The molecule has 140 valence electrons. The van der Waals surface area contributed by atoms with Gasteiger partial charge in [-0.3, -0.25) is 4.79 Å². The zero-order chi connectivity index (χ0) is 17.7. The van der Waals surface area contributed by atoms with Gasteiger partial charge in [0, 0.05) is 6.42 Å². The lowest BCUT2D eigenvalue weighted by atomic mass is 10.1. The summed E-state index contributed by atoms with van der Waals surface area (Å²) in [5, 5.41) is 0. The largest absolute Gasteiger partial charge is 0.469 e. The van der Waals surface area contributed by atoms with E-state index in [1.807, 2.05) is 6.08 Å². The number of carbonyl (C=O) groups excluding carboxylic acids is 1. The second kappa shape index (κ2) is 20.0. The lowest BCUT2D eigenvalue weighted by molar-refractivity contribution is -0.140. The average molecular weight is 337 g/mol. The third-order valence-corrected chi connectivity index (χ3v) is 4.43. The molecule has 0 aliphatic rings. The summed E-state index contributed by atoms with van der Waals surface area (Å²) >= 11 is 0. The van der Waals surface area contributed by atoms with Gasteiger partial charge in [0.15, 0.2) is 0 Å². The number of hydrogen-bond donors (Lipinski definition) is 0. The maximum absolute atomic E-state index is 11.0. The fourth-order valence-electron chi connectivity index (χ4n) is 2.83. The molecule has 0 saturated heterocycles. The molecule has 0 N–H and O–H groups in total. The van der Waals surface area contributed by atoms with Crippen LogP contribution in [0.15, 0.2) is 24.8 Å². The fourth-order valence-corrected chi connectivity index (χ4v) is 2.83. The molecule has 0 aliphatic carbocycles. The fraction of sp³-hybridized carbons (Fsp3) is 0.773. The number of carbonyl (C=O) groups is 1. The molecule has 0 amide bonds. The van der Waals surface area contributed by atoms with Gasteiger partial charge in [-0.2, -0.15) is 0 Å². The van der Waals surface area contributed by atoms with E-state index in [0.717, 1.165) is 12.8 Å². The second-order valence-electron chi connectivity index (χ2n) is 6.69. The number of ether oxygens (including phenoxy) is 1. The SMILES string of the molecule is C=CCCCCCCCC=CCCCCCCCCCC(=O)OC. The first-order chi connectivity index (χ1) is 11.8. The van der Waals surface area contributed by atoms with Crippen LogP contribution in [0.1, 0.15) is 103 Å². The van der Waals surface area contributed by atoms with Gasteiger partial charge >= 0.3 is 5.97 Å². The van der Waals surface area contributed by atoms with Gasteiger partial charge < -0.3 is 4.74 Å². The Balaban J connectivity index is 3.10. The van der Waals surface area contributed by atoms with Crippen LogP contribution in [0.25, 0.3) is 0 Å². The summed E-state index contributed by atoms with van der Waals surface area (Å²) in [7, 11) is 1.46. The maximum atomic E-state index is 11.0. The van der Waals surface area contributed by atoms with Crippen LogP contribution in [0.5, 0.6) is 0 Å². The van der Waals surface area contributed by atoms with Gasteiger partial charge in [-0.15, -0.1) is 6.58 Å². The van der Waals surface area contributed by atoms with Crippen molar-refractivity contribution in [2.24, 2.45) is 0 Å². The summed E-state index contributed by atoms with van der Waals surface area (Å²) < 4.78 is 4.63. The number of methoxy groups -OCH3 is 1. The number of hydrogen-bond acceptors (Lipinski definition) is 2. The first kappa shape index (κ1) is 22.9. The Hall–Kier alpha value is -1.05. The quantitative estimate of drug-likeness (QED) is 0.151. The van der Waals surface area contributed by atoms with Crippen LogP contribution in [0, 0.1) is 0 Å². The Morgan fingerprint density at radius 3 is 1.58 bits per heavy atom. The molecule has 0 rings (SSSR count). The number of esters is 1. The van der Waals surface area contributed by atoms with Crippen molar-refractivity contribution in [3.8, 4) is 0 Å². The molecule has 0 bridgehead atoms. The average Bonchev–Trinajstić information content (AvgIpc) is 2.60. The Morgan fingerprint density at radius 1 is 0.708 bits per heavy atom. The summed E-state index contributed by atoms with van der Waals surface area (Å²) in [5.74, 6) is -0.0746. The second-order valence-corrected chi connectivity index (χ2v) is 6.69. The van der Waals surface area contributed by atoms with Gasteiger partial charge in [0.05, 0.1) is 7.11 Å². The van der Waals surface area contributed by atoms with Crippen LogP contribution in [0.2, 0.25) is 0 Å². The molecule has 0 atom stereocenters. The van der Waals surface area contributed by atoms with Crippen LogP contribution in [0.3, 0.4) is 0 Å². The van der Waals surface area contributed by atoms with Gasteiger partial charge in [-0.25, -0.2) is 0 Å². The minimum atomic E-state index is -0.0746. The van der Waals surface area contributed by atoms with E-state index in [4.69, 9.17) is 0 Å². The molecule has 0 heterocycles. The summed E-state index contributed by atoms with van der Waals surface area (Å²) in [4.78, 5) is 11.0. The van der Waals surface area contributed by atoms with Gasteiger partial charge in [-0.1, -0.05) is 69.6 Å². The van der Waals surface area contributed by atoms with E-state index in [1.165, 1.54) is 90.6 Å². The highest BCUT2D eigenvalue weighted by Crippen LogP contribution is 2.11. The first-order valence-corrected chi connectivity index (χ1v) is 10.1. The first-order valence-electron chi connectivity index (χ1n) is 10.1. The van der Waals surface area contributed by atoms with Crippen LogP contribution in [0.4, 0.5) is 0 Å². The predicted molar refractivity (Wildman–Crippen MR) is 105 cm³/mol. The molecular formula is C22H40O2. The highest BCUT2D eigenvalue weighted by molar-refractivity contribution is 5.68. The highest BCUT2D eigenvalue weighted by atomic mass is 16.5. The van der Waals surface area contributed by atoms with Crippen molar-refractivity contribution in [1.29, 1.82) is 0 Å². The summed E-state index contributed by atoms with van der Waals surface area (Å²) in [6.45, 7) is 3.76. The van der Waals surface area contributed by atoms with E-state index < -0.39 is 0 Å². The standard InChI is InChI=1S/C22H40O2/c1-3-4-5-6-7-8-9-10-11-12-13-14-15-16-17-18-19-20-21-22(23)24-2/h3,11-12H,1,4-10,13-21H2,2H3. The van der Waals surface area contributed by atoms with E-state index in [2.05, 4.69) is 23.5 Å². The van der Waals surface area contributed by atoms with Gasteiger partial charge in [-0.05, 0) is 44.9 Å². The summed E-state index contributed by atoms with van der Waals surface area (Å²) in [6, 6.07) is 0. The number of unbranched alkanes of at least 4 members (excludes halogenated alkanes) is 13. The van der Waals surface area contributed by atoms with Crippen LogP contribution >= 0.6 is 0 Å². The van der Waals surface area contributed by atoms with Gasteiger partial charge in [0.2, 0.25) is 0 Å². The molecule has 0 fully saturated rings. The van der Waals surface area contributed by atoms with Crippen molar-refractivity contribution < 1.29 is 9.53 Å². The molecule has 24 heavy (non-hydrogen) atoms. The molecule has 0 aromatic rings. The molecular weight excluding hydrogens is 296 g/mol. The van der Waals surface area contributed by atoms with Crippen molar-refractivity contribution in [3.63, 3.8) is 0 Å². The summed E-state index contributed by atoms with van der Waals surface area (Å²) in [6.07, 6.45) is 26.4. The molecule has 2 heteroatoms. The molecule has 2 nitrogen and oxygen atoms in total. The van der Waals surface area contributed by atoms with Crippen molar-refractivity contribution in [2.75, 3.05) is 7.11 Å². The minimum absolute atomic E-state index is 0.0746. The van der Waals surface area contributed by atoms with Crippen LogP contribution in [-0.2, 0) is 9.53 Å². The number of allylic oxidation sites excluding steroid dienone is 3. The third-order valence-electron chi connectivity index (χ3n) is 4.43. The van der Waals surface area contributed by atoms with Crippen LogP contribution < -0.4 is 0 Å². The van der Waals surface area contributed by atoms with E-state index in [9.17, 15) is 4.79 Å². The van der Waals surface area contributed by atoms with Crippen molar-refractivity contribution in [1.82, 2.24) is 0 Å². The normalized spacial score (nSPS) is 11.0. The Kier molecular flexibility index (Phi) is 19.1. The molecule has 0 unspecified atom stereocenters.